The number of aromatic nitrogens is 3. The molecule has 8 heteroatoms. The van der Waals surface area contributed by atoms with Gasteiger partial charge in [-0.3, -0.25) is 0 Å². The van der Waals surface area contributed by atoms with Gasteiger partial charge in [-0.1, -0.05) is 35.3 Å². The monoisotopic (exact) mass is 366 g/mol. The number of nitrogens with one attached hydrogen (secondary N) is 1. The summed E-state index contributed by atoms with van der Waals surface area (Å²) >= 11 is 17.3. The Balaban J connectivity index is 2.02. The Morgan fingerprint density at radius 3 is 2.61 bits per heavy atom. The van der Waals surface area contributed by atoms with Crippen LogP contribution in [0, 0.1) is 10.6 Å². The van der Waals surface area contributed by atoms with Gasteiger partial charge in [-0.05, 0) is 48.1 Å². The fourth-order valence-electron chi connectivity index (χ4n) is 1.92. The van der Waals surface area contributed by atoms with Crippen LogP contribution >= 0.6 is 35.4 Å². The van der Waals surface area contributed by atoms with Gasteiger partial charge in [-0.2, -0.15) is 14.9 Å². The molecular formula is C15H9Cl2FN4S. The van der Waals surface area contributed by atoms with Crippen molar-refractivity contribution in [3.05, 3.63) is 68.7 Å². The number of benzene rings is 2. The summed E-state index contributed by atoms with van der Waals surface area (Å²) in [4.78, 5) is 0. The maximum Gasteiger partial charge on any atom is 0.216 e. The molecule has 0 aliphatic rings. The molecule has 23 heavy (non-hydrogen) atoms. The van der Waals surface area contributed by atoms with Crippen molar-refractivity contribution in [1.82, 2.24) is 14.9 Å². The highest BCUT2D eigenvalue weighted by molar-refractivity contribution is 7.71. The van der Waals surface area contributed by atoms with Gasteiger partial charge in [0.1, 0.15) is 5.82 Å². The van der Waals surface area contributed by atoms with E-state index in [0.717, 1.165) is 5.56 Å². The Morgan fingerprint density at radius 2 is 1.91 bits per heavy atom. The van der Waals surface area contributed by atoms with Crippen molar-refractivity contribution in [1.29, 1.82) is 0 Å². The molecule has 0 saturated carbocycles. The van der Waals surface area contributed by atoms with Gasteiger partial charge in [-0.15, -0.1) is 0 Å². The molecule has 1 heterocycles. The minimum Gasteiger partial charge on any atom is -0.250 e. The lowest BCUT2D eigenvalue weighted by atomic mass is 10.2. The SMILES string of the molecule is Fc1ccc(C=Nn2c(-c3ccc(Cl)cc3Cl)n[nH]c2=S)cc1. The molecule has 1 aromatic heterocycles. The van der Waals surface area contributed by atoms with Crippen LogP contribution in [0.5, 0.6) is 0 Å². The Kier molecular flexibility index (Phi) is 4.56. The highest BCUT2D eigenvalue weighted by atomic mass is 35.5. The highest BCUT2D eigenvalue weighted by Crippen LogP contribution is 2.29. The minimum atomic E-state index is -0.310. The van der Waals surface area contributed by atoms with Gasteiger partial charge in [0.05, 0.1) is 11.2 Å². The first-order valence-corrected chi connectivity index (χ1v) is 7.64. The van der Waals surface area contributed by atoms with E-state index in [-0.39, 0.29) is 5.82 Å². The number of aromatic amines is 1. The molecule has 0 fully saturated rings. The lowest BCUT2D eigenvalue weighted by molar-refractivity contribution is 0.628. The van der Waals surface area contributed by atoms with Crippen molar-refractivity contribution in [2.75, 3.05) is 0 Å². The fraction of sp³-hybridized carbons (Fsp3) is 0. The van der Waals surface area contributed by atoms with Gasteiger partial charge in [0, 0.05) is 10.6 Å². The summed E-state index contributed by atoms with van der Waals surface area (Å²) in [6.07, 6.45) is 1.55. The molecule has 0 aliphatic heterocycles. The first kappa shape index (κ1) is 15.9. The van der Waals surface area contributed by atoms with Crippen molar-refractivity contribution in [3.63, 3.8) is 0 Å². The fourth-order valence-corrected chi connectivity index (χ4v) is 2.59. The number of rotatable bonds is 3. The van der Waals surface area contributed by atoms with Gasteiger partial charge in [0.15, 0.2) is 5.82 Å². The largest absolute Gasteiger partial charge is 0.250 e. The molecule has 116 valence electrons. The van der Waals surface area contributed by atoms with Gasteiger partial charge in [0.25, 0.3) is 0 Å². The summed E-state index contributed by atoms with van der Waals surface area (Å²) in [6, 6.07) is 11.0. The van der Waals surface area contributed by atoms with Crippen molar-refractivity contribution in [2.45, 2.75) is 0 Å². The topological polar surface area (TPSA) is 46.0 Å². The molecule has 1 N–H and O–H groups in total. The van der Waals surface area contributed by atoms with E-state index in [1.165, 1.54) is 16.8 Å². The van der Waals surface area contributed by atoms with Crippen LogP contribution in [0.2, 0.25) is 10.0 Å². The third-order valence-corrected chi connectivity index (χ3v) is 3.83. The van der Waals surface area contributed by atoms with Crippen molar-refractivity contribution in [3.8, 4) is 11.4 Å². The van der Waals surface area contributed by atoms with E-state index in [1.54, 1.807) is 36.5 Å². The summed E-state index contributed by atoms with van der Waals surface area (Å²) in [5.74, 6) is 0.144. The molecule has 0 amide bonds. The second kappa shape index (κ2) is 6.62. The van der Waals surface area contributed by atoms with E-state index >= 15 is 0 Å². The van der Waals surface area contributed by atoms with E-state index in [1.807, 2.05) is 0 Å². The lowest BCUT2D eigenvalue weighted by Crippen LogP contribution is -1.95. The van der Waals surface area contributed by atoms with Gasteiger partial charge >= 0.3 is 0 Å². The average Bonchev–Trinajstić information content (AvgIpc) is 2.88. The summed E-state index contributed by atoms with van der Waals surface area (Å²) in [5, 5.41) is 12.1. The average molecular weight is 367 g/mol. The van der Waals surface area contributed by atoms with E-state index in [4.69, 9.17) is 35.4 Å². The summed E-state index contributed by atoms with van der Waals surface area (Å²) in [6.45, 7) is 0. The molecule has 0 spiro atoms. The van der Waals surface area contributed by atoms with Crippen LogP contribution in [0.25, 0.3) is 11.4 Å². The van der Waals surface area contributed by atoms with Crippen molar-refractivity contribution >= 4 is 41.6 Å². The smallest absolute Gasteiger partial charge is 0.216 e. The van der Waals surface area contributed by atoms with Crippen molar-refractivity contribution in [2.24, 2.45) is 5.10 Å². The van der Waals surface area contributed by atoms with E-state index in [2.05, 4.69) is 15.3 Å². The number of halogens is 3. The molecule has 2 aromatic carbocycles. The quantitative estimate of drug-likeness (QED) is 0.527. The highest BCUT2D eigenvalue weighted by Gasteiger charge is 2.12. The molecule has 4 nitrogen and oxygen atoms in total. The first-order valence-electron chi connectivity index (χ1n) is 6.47. The maximum atomic E-state index is 12.9. The Hall–Kier alpha value is -2.02. The number of H-pyrrole nitrogens is 1. The van der Waals surface area contributed by atoms with Crippen molar-refractivity contribution < 1.29 is 4.39 Å². The third-order valence-electron chi connectivity index (χ3n) is 3.01. The molecule has 0 atom stereocenters. The summed E-state index contributed by atoms with van der Waals surface area (Å²) in [7, 11) is 0. The van der Waals surface area contributed by atoms with E-state index in [9.17, 15) is 4.39 Å². The Morgan fingerprint density at radius 1 is 1.17 bits per heavy atom. The predicted molar refractivity (Wildman–Crippen MR) is 92.3 cm³/mol. The number of hydrogen-bond acceptors (Lipinski definition) is 3. The first-order chi connectivity index (χ1) is 11.0. The zero-order valence-electron chi connectivity index (χ0n) is 11.5. The molecule has 3 rings (SSSR count). The van der Waals surface area contributed by atoms with Gasteiger partial charge in [-0.25, -0.2) is 9.49 Å². The molecule has 0 radical (unpaired) electrons. The van der Waals surface area contributed by atoms with Gasteiger partial charge in [0.2, 0.25) is 4.77 Å². The second-order valence-corrected chi connectivity index (χ2v) is 5.81. The molecule has 0 unspecified atom stereocenters. The van der Waals surface area contributed by atoms with Crippen LogP contribution < -0.4 is 0 Å². The molecule has 3 aromatic rings. The Labute approximate surface area is 146 Å². The van der Waals surface area contributed by atoms with Crippen LogP contribution in [-0.4, -0.2) is 21.1 Å². The van der Waals surface area contributed by atoms with Crippen LogP contribution in [0.3, 0.4) is 0 Å². The standard InChI is InChI=1S/C15H9Cl2FN4S/c16-10-3-6-12(13(17)7-10)14-20-21-15(23)22(14)19-8-9-1-4-11(18)5-2-9/h1-8H,(H,21,23). The van der Waals surface area contributed by atoms with Crippen LogP contribution in [0.15, 0.2) is 47.6 Å². The Bertz CT molecular complexity index is 931. The summed E-state index contributed by atoms with van der Waals surface area (Å²) < 4.78 is 14.7. The second-order valence-electron chi connectivity index (χ2n) is 4.58. The summed E-state index contributed by atoms with van der Waals surface area (Å²) in [5.41, 5.74) is 1.36. The third kappa shape index (κ3) is 3.50. The van der Waals surface area contributed by atoms with Gasteiger partial charge < -0.3 is 0 Å². The predicted octanol–water partition coefficient (Wildman–Crippen LogP) is 4.94. The molecule has 0 aliphatic carbocycles. The lowest BCUT2D eigenvalue weighted by Gasteiger charge is -2.04. The minimum absolute atomic E-state index is 0.310. The van der Waals surface area contributed by atoms with Crippen LogP contribution in [-0.2, 0) is 0 Å². The van der Waals surface area contributed by atoms with Crippen LogP contribution in [0.1, 0.15) is 5.56 Å². The number of hydrogen-bond donors (Lipinski definition) is 1. The molecular weight excluding hydrogens is 358 g/mol. The molecule has 0 bridgehead atoms. The normalized spacial score (nSPS) is 11.3. The van der Waals surface area contributed by atoms with Crippen LogP contribution in [0.4, 0.5) is 4.39 Å². The number of nitrogens with zero attached hydrogens (tertiary/aromatic N) is 3. The zero-order valence-corrected chi connectivity index (χ0v) is 13.8. The molecule has 0 saturated heterocycles. The van der Waals surface area contributed by atoms with E-state index in [0.29, 0.717) is 26.2 Å². The zero-order chi connectivity index (χ0) is 16.4. The van der Waals surface area contributed by atoms with E-state index < -0.39 is 0 Å². The maximum absolute atomic E-state index is 12.9.